The van der Waals surface area contributed by atoms with Crippen molar-refractivity contribution in [3.8, 4) is 22.8 Å². The summed E-state index contributed by atoms with van der Waals surface area (Å²) in [4.78, 5) is 19.8. The smallest absolute Gasteiger partial charge is 0.153 e. The van der Waals surface area contributed by atoms with Gasteiger partial charge in [0, 0.05) is 17.3 Å². The second-order valence-corrected chi connectivity index (χ2v) is 5.42. The van der Waals surface area contributed by atoms with Crippen molar-refractivity contribution in [1.29, 1.82) is 0 Å². The van der Waals surface area contributed by atoms with Gasteiger partial charge in [0.1, 0.15) is 23.6 Å². The standard InChI is InChI=1S/C20H19N3O3/c1-3-26-18-9-8-15(10-14(18)12-24)23-20-11-17(21-13-22-20)16-6-4-5-7-19(16)25-2/h4-13H,3H2,1-2H3,(H,21,22,23). The molecule has 0 bridgehead atoms. The number of hydrogen-bond donors (Lipinski definition) is 1. The molecule has 132 valence electrons. The van der Waals surface area contributed by atoms with Crippen LogP contribution >= 0.6 is 0 Å². The van der Waals surface area contributed by atoms with Crippen LogP contribution in [0.5, 0.6) is 11.5 Å². The molecule has 2 aromatic carbocycles. The van der Waals surface area contributed by atoms with Gasteiger partial charge >= 0.3 is 0 Å². The van der Waals surface area contributed by atoms with E-state index in [-0.39, 0.29) is 0 Å². The first kappa shape index (κ1) is 17.4. The maximum absolute atomic E-state index is 11.3. The number of rotatable bonds is 7. The number of benzene rings is 2. The fourth-order valence-corrected chi connectivity index (χ4v) is 2.58. The number of methoxy groups -OCH3 is 1. The predicted molar refractivity (Wildman–Crippen MR) is 100 cm³/mol. The molecular weight excluding hydrogens is 330 g/mol. The van der Waals surface area contributed by atoms with Crippen LogP contribution in [-0.4, -0.2) is 30.0 Å². The van der Waals surface area contributed by atoms with Crippen LogP contribution in [0.15, 0.2) is 54.9 Å². The van der Waals surface area contributed by atoms with Gasteiger partial charge < -0.3 is 14.8 Å². The van der Waals surface area contributed by atoms with E-state index in [9.17, 15) is 4.79 Å². The predicted octanol–water partition coefficient (Wildman–Crippen LogP) is 4.11. The lowest BCUT2D eigenvalue weighted by molar-refractivity contribution is 0.112. The van der Waals surface area contributed by atoms with Crippen LogP contribution in [0.3, 0.4) is 0 Å². The summed E-state index contributed by atoms with van der Waals surface area (Å²) in [6.07, 6.45) is 2.26. The van der Waals surface area contributed by atoms with Crippen molar-refractivity contribution in [2.24, 2.45) is 0 Å². The van der Waals surface area contributed by atoms with E-state index in [4.69, 9.17) is 9.47 Å². The van der Waals surface area contributed by atoms with Gasteiger partial charge in [-0.15, -0.1) is 0 Å². The molecule has 0 saturated carbocycles. The molecule has 0 atom stereocenters. The van der Waals surface area contributed by atoms with Crippen molar-refractivity contribution in [3.63, 3.8) is 0 Å². The summed E-state index contributed by atoms with van der Waals surface area (Å²) in [5.74, 6) is 1.91. The molecule has 0 aliphatic carbocycles. The monoisotopic (exact) mass is 349 g/mol. The Hall–Kier alpha value is -3.41. The molecule has 1 aromatic heterocycles. The van der Waals surface area contributed by atoms with Gasteiger partial charge in [-0.1, -0.05) is 12.1 Å². The summed E-state index contributed by atoms with van der Waals surface area (Å²) in [7, 11) is 1.63. The number of carbonyl (C=O) groups excluding carboxylic acids is 1. The molecule has 6 heteroatoms. The number of nitrogens with one attached hydrogen (secondary N) is 1. The number of ether oxygens (including phenoxy) is 2. The third-order valence-corrected chi connectivity index (χ3v) is 3.76. The van der Waals surface area contributed by atoms with Crippen LogP contribution in [-0.2, 0) is 0 Å². The van der Waals surface area contributed by atoms with Crippen molar-refractivity contribution in [2.75, 3.05) is 19.0 Å². The lowest BCUT2D eigenvalue weighted by Crippen LogP contribution is -1.99. The summed E-state index contributed by atoms with van der Waals surface area (Å²) in [6.45, 7) is 2.38. The van der Waals surface area contributed by atoms with E-state index in [0.717, 1.165) is 29.0 Å². The van der Waals surface area contributed by atoms with E-state index < -0.39 is 0 Å². The average molecular weight is 349 g/mol. The van der Waals surface area contributed by atoms with Crippen molar-refractivity contribution in [1.82, 2.24) is 9.97 Å². The van der Waals surface area contributed by atoms with Gasteiger partial charge in [0.05, 0.1) is 25.0 Å². The van der Waals surface area contributed by atoms with Crippen LogP contribution in [0.1, 0.15) is 17.3 Å². The fourth-order valence-electron chi connectivity index (χ4n) is 2.58. The van der Waals surface area contributed by atoms with E-state index >= 15 is 0 Å². The van der Waals surface area contributed by atoms with Crippen molar-refractivity contribution < 1.29 is 14.3 Å². The highest BCUT2D eigenvalue weighted by Crippen LogP contribution is 2.30. The van der Waals surface area contributed by atoms with Gasteiger partial charge in [-0.2, -0.15) is 0 Å². The molecule has 1 N–H and O–H groups in total. The molecule has 0 radical (unpaired) electrons. The van der Waals surface area contributed by atoms with Crippen LogP contribution < -0.4 is 14.8 Å². The molecule has 26 heavy (non-hydrogen) atoms. The van der Waals surface area contributed by atoms with Crippen LogP contribution in [0.2, 0.25) is 0 Å². The van der Waals surface area contributed by atoms with Gasteiger partial charge in [-0.3, -0.25) is 4.79 Å². The van der Waals surface area contributed by atoms with Gasteiger partial charge in [0.2, 0.25) is 0 Å². The van der Waals surface area contributed by atoms with Gasteiger partial charge in [0.25, 0.3) is 0 Å². The molecule has 0 spiro atoms. The third-order valence-electron chi connectivity index (χ3n) is 3.76. The normalized spacial score (nSPS) is 10.2. The first-order valence-corrected chi connectivity index (χ1v) is 8.19. The molecular formula is C20H19N3O3. The van der Waals surface area contributed by atoms with Crippen LogP contribution in [0.4, 0.5) is 11.5 Å². The molecule has 0 fully saturated rings. The number of aromatic nitrogens is 2. The summed E-state index contributed by atoms with van der Waals surface area (Å²) >= 11 is 0. The quantitative estimate of drug-likeness (QED) is 0.647. The Morgan fingerprint density at radius 1 is 1.08 bits per heavy atom. The van der Waals surface area contributed by atoms with Crippen LogP contribution in [0, 0.1) is 0 Å². The highest BCUT2D eigenvalue weighted by molar-refractivity contribution is 5.82. The topological polar surface area (TPSA) is 73.3 Å². The Morgan fingerprint density at radius 2 is 1.92 bits per heavy atom. The molecule has 3 aromatic rings. The van der Waals surface area contributed by atoms with Crippen LogP contribution in [0.25, 0.3) is 11.3 Å². The maximum atomic E-state index is 11.3. The molecule has 6 nitrogen and oxygen atoms in total. The zero-order chi connectivity index (χ0) is 18.4. The molecule has 0 aliphatic heterocycles. The molecule has 0 unspecified atom stereocenters. The summed E-state index contributed by atoms with van der Waals surface area (Å²) in [5.41, 5.74) is 2.83. The van der Waals surface area contributed by atoms with E-state index in [1.54, 1.807) is 19.2 Å². The Kier molecular flexibility index (Phi) is 5.43. The van der Waals surface area contributed by atoms with Gasteiger partial charge in [-0.25, -0.2) is 9.97 Å². The molecule has 0 amide bonds. The first-order valence-electron chi connectivity index (χ1n) is 8.19. The molecule has 3 rings (SSSR count). The number of anilines is 2. The van der Waals surface area contributed by atoms with Crippen molar-refractivity contribution >= 4 is 17.8 Å². The first-order chi connectivity index (χ1) is 12.7. The zero-order valence-corrected chi connectivity index (χ0v) is 14.6. The Bertz CT molecular complexity index is 912. The number of para-hydroxylation sites is 1. The Morgan fingerprint density at radius 3 is 2.69 bits per heavy atom. The number of nitrogens with zero attached hydrogens (tertiary/aromatic N) is 2. The number of carbonyl (C=O) groups is 1. The van der Waals surface area contributed by atoms with E-state index in [2.05, 4.69) is 15.3 Å². The Balaban J connectivity index is 1.89. The van der Waals surface area contributed by atoms with E-state index in [1.807, 2.05) is 43.3 Å². The molecule has 0 aliphatic rings. The number of aldehydes is 1. The van der Waals surface area contributed by atoms with E-state index in [1.165, 1.54) is 6.33 Å². The highest BCUT2D eigenvalue weighted by Gasteiger charge is 2.09. The van der Waals surface area contributed by atoms with Gasteiger partial charge in [0.15, 0.2) is 6.29 Å². The zero-order valence-electron chi connectivity index (χ0n) is 14.6. The van der Waals surface area contributed by atoms with E-state index in [0.29, 0.717) is 23.7 Å². The van der Waals surface area contributed by atoms with Gasteiger partial charge in [-0.05, 0) is 37.3 Å². The fraction of sp³-hybridized carbons (Fsp3) is 0.150. The lowest BCUT2D eigenvalue weighted by atomic mass is 10.1. The summed E-state index contributed by atoms with van der Waals surface area (Å²) in [5, 5.41) is 3.19. The van der Waals surface area contributed by atoms with Crippen molar-refractivity contribution in [3.05, 3.63) is 60.4 Å². The number of hydrogen-bond acceptors (Lipinski definition) is 6. The largest absolute Gasteiger partial charge is 0.496 e. The lowest BCUT2D eigenvalue weighted by Gasteiger charge is -2.11. The Labute approximate surface area is 151 Å². The maximum Gasteiger partial charge on any atom is 0.153 e. The highest BCUT2D eigenvalue weighted by atomic mass is 16.5. The minimum absolute atomic E-state index is 0.482. The minimum atomic E-state index is 0.482. The van der Waals surface area contributed by atoms with Crippen molar-refractivity contribution in [2.45, 2.75) is 6.92 Å². The minimum Gasteiger partial charge on any atom is -0.496 e. The third kappa shape index (κ3) is 3.80. The molecule has 1 heterocycles. The molecule has 0 saturated heterocycles. The summed E-state index contributed by atoms with van der Waals surface area (Å²) in [6, 6.07) is 14.8. The second kappa shape index (κ2) is 8.11. The average Bonchev–Trinajstić information content (AvgIpc) is 2.69. The SMILES string of the molecule is CCOc1ccc(Nc2cc(-c3ccccc3OC)ncn2)cc1C=O. The summed E-state index contributed by atoms with van der Waals surface area (Å²) < 4.78 is 10.8. The second-order valence-electron chi connectivity index (χ2n) is 5.42.